The van der Waals surface area contributed by atoms with Crippen molar-refractivity contribution in [2.24, 2.45) is 0 Å². The van der Waals surface area contributed by atoms with E-state index < -0.39 is 23.7 Å². The van der Waals surface area contributed by atoms with E-state index in [9.17, 15) is 18.8 Å². The number of likely N-dealkylation sites (tertiary alicyclic amines) is 1. The van der Waals surface area contributed by atoms with Crippen LogP contribution in [0.5, 0.6) is 5.75 Å². The topological polar surface area (TPSA) is 108 Å². The number of carbonyl (C=O) groups is 3. The van der Waals surface area contributed by atoms with Crippen molar-refractivity contribution in [3.63, 3.8) is 0 Å². The van der Waals surface area contributed by atoms with Crippen LogP contribution in [0.25, 0.3) is 0 Å². The summed E-state index contributed by atoms with van der Waals surface area (Å²) in [5.74, 6) is -1.61. The normalized spacial score (nSPS) is 21.3. The molecular formula is C19H24FN3O5. The minimum Gasteiger partial charge on any atom is -0.495 e. The Morgan fingerprint density at radius 1 is 1.32 bits per heavy atom. The minimum absolute atomic E-state index is 0.00661. The first-order chi connectivity index (χ1) is 13.4. The summed E-state index contributed by atoms with van der Waals surface area (Å²) in [5, 5.41) is 14.1. The second kappa shape index (κ2) is 8.55. The number of benzene rings is 1. The summed E-state index contributed by atoms with van der Waals surface area (Å²) in [5.41, 5.74) is 0.891. The quantitative estimate of drug-likeness (QED) is 0.626. The summed E-state index contributed by atoms with van der Waals surface area (Å²) in [7, 11) is 1.47. The fourth-order valence-corrected chi connectivity index (χ4v) is 3.78. The summed E-state index contributed by atoms with van der Waals surface area (Å²) in [6, 6.07) is 2.33. The van der Waals surface area contributed by atoms with Gasteiger partial charge in [0.15, 0.2) is 0 Å². The lowest BCUT2D eigenvalue weighted by atomic mass is 9.88. The highest BCUT2D eigenvalue weighted by Gasteiger charge is 2.29. The van der Waals surface area contributed by atoms with Crippen LogP contribution in [0, 0.1) is 5.82 Å². The van der Waals surface area contributed by atoms with E-state index >= 15 is 0 Å². The molecule has 0 aromatic heterocycles. The summed E-state index contributed by atoms with van der Waals surface area (Å²) >= 11 is 0. The lowest BCUT2D eigenvalue weighted by Crippen LogP contribution is -2.47. The Balaban J connectivity index is 1.72. The molecule has 152 valence electrons. The molecule has 0 bridgehead atoms. The van der Waals surface area contributed by atoms with Crippen molar-refractivity contribution in [3.05, 3.63) is 23.5 Å². The first-order valence-electron chi connectivity index (χ1n) is 9.29. The van der Waals surface area contributed by atoms with Crippen LogP contribution in [-0.2, 0) is 14.4 Å². The first-order valence-corrected chi connectivity index (χ1v) is 9.29. The number of rotatable bonds is 6. The van der Waals surface area contributed by atoms with Crippen LogP contribution in [0.15, 0.2) is 12.1 Å². The molecule has 0 spiro atoms. The molecular weight excluding hydrogens is 369 g/mol. The van der Waals surface area contributed by atoms with E-state index in [1.807, 2.05) is 4.90 Å². The number of nitrogens with one attached hydrogen (secondary N) is 2. The molecule has 28 heavy (non-hydrogen) atoms. The van der Waals surface area contributed by atoms with Crippen molar-refractivity contribution in [2.75, 3.05) is 32.1 Å². The van der Waals surface area contributed by atoms with Gasteiger partial charge in [-0.1, -0.05) is 0 Å². The SMILES string of the molecule is COc1cc(C2CCN(CC(=O)O)CC2)c(F)cc1NC1CCC(=O)NC1=O. The van der Waals surface area contributed by atoms with Gasteiger partial charge >= 0.3 is 5.97 Å². The van der Waals surface area contributed by atoms with E-state index in [2.05, 4.69) is 10.6 Å². The third kappa shape index (κ3) is 4.59. The van der Waals surface area contributed by atoms with Gasteiger partial charge in [-0.3, -0.25) is 24.6 Å². The molecule has 1 unspecified atom stereocenters. The Morgan fingerprint density at radius 3 is 2.64 bits per heavy atom. The molecule has 2 amide bonds. The Labute approximate surface area is 162 Å². The average molecular weight is 393 g/mol. The summed E-state index contributed by atoms with van der Waals surface area (Å²) in [6.07, 6.45) is 1.88. The predicted molar refractivity (Wildman–Crippen MR) is 98.8 cm³/mol. The molecule has 1 aromatic rings. The molecule has 2 aliphatic heterocycles. The third-order valence-corrected chi connectivity index (χ3v) is 5.27. The number of aliphatic carboxylic acids is 1. The fourth-order valence-electron chi connectivity index (χ4n) is 3.78. The van der Waals surface area contributed by atoms with Gasteiger partial charge in [-0.2, -0.15) is 0 Å². The molecule has 9 heteroatoms. The van der Waals surface area contributed by atoms with Gasteiger partial charge in [-0.25, -0.2) is 4.39 Å². The van der Waals surface area contributed by atoms with Gasteiger partial charge < -0.3 is 15.2 Å². The molecule has 1 aromatic carbocycles. The van der Waals surface area contributed by atoms with E-state index in [1.165, 1.54) is 13.2 Å². The molecule has 1 atom stereocenters. The van der Waals surface area contributed by atoms with Gasteiger partial charge in [0.2, 0.25) is 11.8 Å². The summed E-state index contributed by atoms with van der Waals surface area (Å²) < 4.78 is 20.2. The third-order valence-electron chi connectivity index (χ3n) is 5.27. The Hall–Kier alpha value is -2.68. The second-order valence-corrected chi connectivity index (χ2v) is 7.17. The van der Waals surface area contributed by atoms with E-state index in [0.29, 0.717) is 49.4 Å². The highest BCUT2D eigenvalue weighted by Crippen LogP contribution is 2.36. The molecule has 3 rings (SSSR count). The fraction of sp³-hybridized carbons (Fsp3) is 0.526. The number of carbonyl (C=O) groups excluding carboxylic acids is 2. The lowest BCUT2D eigenvalue weighted by molar-refractivity contribution is -0.138. The van der Waals surface area contributed by atoms with Crippen LogP contribution in [-0.4, -0.2) is 60.6 Å². The van der Waals surface area contributed by atoms with Crippen molar-refractivity contribution in [1.82, 2.24) is 10.2 Å². The number of hydrogen-bond donors (Lipinski definition) is 3. The number of anilines is 1. The van der Waals surface area contributed by atoms with E-state index in [4.69, 9.17) is 9.84 Å². The van der Waals surface area contributed by atoms with E-state index in [-0.39, 0.29) is 24.8 Å². The molecule has 2 heterocycles. The van der Waals surface area contributed by atoms with Gasteiger partial charge in [0.05, 0.1) is 19.3 Å². The number of nitrogens with zero attached hydrogens (tertiary/aromatic N) is 1. The number of halogens is 1. The Bertz CT molecular complexity index is 777. The number of piperidine rings is 2. The number of imide groups is 1. The van der Waals surface area contributed by atoms with Crippen molar-refractivity contribution in [1.29, 1.82) is 0 Å². The van der Waals surface area contributed by atoms with Crippen molar-refractivity contribution < 1.29 is 28.6 Å². The summed E-state index contributed by atoms with van der Waals surface area (Å²) in [4.78, 5) is 35.9. The molecule has 0 radical (unpaired) electrons. The zero-order valence-corrected chi connectivity index (χ0v) is 15.7. The number of ether oxygens (including phenoxy) is 1. The zero-order valence-electron chi connectivity index (χ0n) is 15.7. The van der Waals surface area contributed by atoms with Crippen LogP contribution >= 0.6 is 0 Å². The molecule has 2 fully saturated rings. The van der Waals surface area contributed by atoms with Gasteiger partial charge in [-0.15, -0.1) is 0 Å². The average Bonchev–Trinajstić information content (AvgIpc) is 2.64. The van der Waals surface area contributed by atoms with Crippen LogP contribution in [0.3, 0.4) is 0 Å². The molecule has 0 saturated carbocycles. The van der Waals surface area contributed by atoms with Gasteiger partial charge in [0.25, 0.3) is 0 Å². The van der Waals surface area contributed by atoms with Crippen LogP contribution < -0.4 is 15.4 Å². The molecule has 0 aliphatic carbocycles. The van der Waals surface area contributed by atoms with Crippen LogP contribution in [0.2, 0.25) is 0 Å². The second-order valence-electron chi connectivity index (χ2n) is 7.17. The summed E-state index contributed by atoms with van der Waals surface area (Å²) in [6.45, 7) is 1.18. The molecule has 2 saturated heterocycles. The highest BCUT2D eigenvalue weighted by atomic mass is 19.1. The van der Waals surface area contributed by atoms with E-state index in [1.54, 1.807) is 6.07 Å². The number of hydrogen-bond acceptors (Lipinski definition) is 6. The highest BCUT2D eigenvalue weighted by molar-refractivity contribution is 6.01. The van der Waals surface area contributed by atoms with Gasteiger partial charge in [0.1, 0.15) is 17.6 Å². The van der Waals surface area contributed by atoms with Crippen molar-refractivity contribution >= 4 is 23.5 Å². The van der Waals surface area contributed by atoms with Crippen LogP contribution in [0.4, 0.5) is 10.1 Å². The maximum atomic E-state index is 14.8. The van der Waals surface area contributed by atoms with Gasteiger partial charge in [-0.05, 0) is 49.9 Å². The zero-order chi connectivity index (χ0) is 20.3. The number of carboxylic acid groups (broad SMARTS) is 1. The largest absolute Gasteiger partial charge is 0.495 e. The number of methoxy groups -OCH3 is 1. The van der Waals surface area contributed by atoms with E-state index in [0.717, 1.165) is 0 Å². The van der Waals surface area contributed by atoms with Crippen molar-refractivity contribution in [3.8, 4) is 5.75 Å². The maximum absolute atomic E-state index is 14.8. The number of amides is 2. The number of carboxylic acids is 1. The lowest BCUT2D eigenvalue weighted by Gasteiger charge is -2.31. The molecule has 2 aliphatic rings. The minimum atomic E-state index is -0.866. The van der Waals surface area contributed by atoms with Crippen LogP contribution in [0.1, 0.15) is 37.2 Å². The standard InChI is InChI=1S/C19H24FN3O5/c1-28-16-8-12(11-4-6-23(7-5-11)10-18(25)26)13(20)9-15(16)21-14-2-3-17(24)22-19(14)27/h8-9,11,14,21H,2-7,10H2,1H3,(H,25,26)(H,22,24,27). The maximum Gasteiger partial charge on any atom is 0.317 e. The van der Waals surface area contributed by atoms with Gasteiger partial charge in [0, 0.05) is 12.5 Å². The first kappa shape index (κ1) is 20.1. The predicted octanol–water partition coefficient (Wildman–Crippen LogP) is 1.32. The molecule has 3 N–H and O–H groups in total. The smallest absolute Gasteiger partial charge is 0.317 e. The monoisotopic (exact) mass is 393 g/mol. The Kier molecular flexibility index (Phi) is 6.13. The Morgan fingerprint density at radius 2 is 2.04 bits per heavy atom. The van der Waals surface area contributed by atoms with Crippen molar-refractivity contribution in [2.45, 2.75) is 37.6 Å². The molecule has 8 nitrogen and oxygen atoms in total.